The first-order valence-corrected chi connectivity index (χ1v) is 8.47. The number of carbonyl (C=O) groups is 3. The quantitative estimate of drug-likeness (QED) is 0.252. The van der Waals surface area contributed by atoms with Crippen molar-refractivity contribution in [1.29, 1.82) is 0 Å². The van der Waals surface area contributed by atoms with Gasteiger partial charge >= 0.3 is 5.97 Å². The molecule has 0 saturated carbocycles. The third-order valence-corrected chi connectivity index (χ3v) is 4.21. The number of rotatable bonds is 10. The molecular weight excluding hydrogens is 348 g/mol. The first-order chi connectivity index (χ1) is 12.9. The van der Waals surface area contributed by atoms with E-state index in [9.17, 15) is 19.6 Å². The highest BCUT2D eigenvalue weighted by molar-refractivity contribution is 5.98. The summed E-state index contributed by atoms with van der Waals surface area (Å²) in [6.07, 6.45) is 0.706. The summed E-state index contributed by atoms with van der Waals surface area (Å²) < 4.78 is 0. The van der Waals surface area contributed by atoms with Crippen LogP contribution in [0.5, 0.6) is 0 Å². The molecule has 0 bridgehead atoms. The lowest BCUT2D eigenvalue weighted by molar-refractivity contribution is -0.151. The molecule has 0 aliphatic carbocycles. The molecule has 1 amide bonds. The van der Waals surface area contributed by atoms with Crippen molar-refractivity contribution >= 4 is 18.2 Å². The van der Waals surface area contributed by atoms with E-state index >= 15 is 0 Å². The fraction of sp³-hybridized carbons (Fsp3) is 0.250. The number of carboxylic acids is 1. The number of hydrogen-bond donors (Lipinski definition) is 3. The van der Waals surface area contributed by atoms with E-state index in [1.165, 1.54) is 0 Å². The highest BCUT2D eigenvalue weighted by atomic mass is 16.5. The van der Waals surface area contributed by atoms with E-state index in [4.69, 9.17) is 10.8 Å². The first-order valence-electron chi connectivity index (χ1n) is 8.47. The molecular formula is C20H22N2O5. The van der Waals surface area contributed by atoms with Crippen molar-refractivity contribution in [3.8, 4) is 0 Å². The maximum Gasteiger partial charge on any atom is 0.320 e. The van der Waals surface area contributed by atoms with E-state index in [1.807, 2.05) is 30.3 Å². The summed E-state index contributed by atoms with van der Waals surface area (Å²) in [6, 6.07) is 14.8. The van der Waals surface area contributed by atoms with E-state index in [0.29, 0.717) is 22.6 Å². The summed E-state index contributed by atoms with van der Waals surface area (Å²) in [5.74, 6) is -2.01. The number of nitrogens with zero attached hydrogens (tertiary/aromatic N) is 1. The van der Waals surface area contributed by atoms with Gasteiger partial charge in [-0.05, 0) is 30.0 Å². The van der Waals surface area contributed by atoms with Crippen LogP contribution < -0.4 is 5.73 Å². The SMILES string of the molecule is N[C@H](Cc1cccc(C(=O)C(Cc2ccccc2)CN(O)C=O)c1)C(=O)O. The summed E-state index contributed by atoms with van der Waals surface area (Å²) in [6.45, 7) is -0.143. The zero-order valence-electron chi connectivity index (χ0n) is 14.7. The van der Waals surface area contributed by atoms with Gasteiger partial charge < -0.3 is 10.8 Å². The number of benzene rings is 2. The van der Waals surface area contributed by atoms with Gasteiger partial charge in [0.05, 0.1) is 6.54 Å². The molecule has 0 aromatic heterocycles. The third-order valence-electron chi connectivity index (χ3n) is 4.21. The van der Waals surface area contributed by atoms with E-state index in [2.05, 4.69) is 0 Å². The smallest absolute Gasteiger partial charge is 0.320 e. The van der Waals surface area contributed by atoms with Crippen molar-refractivity contribution in [2.75, 3.05) is 6.54 Å². The van der Waals surface area contributed by atoms with Crippen molar-refractivity contribution in [2.45, 2.75) is 18.9 Å². The Kier molecular flexibility index (Phi) is 7.22. The molecule has 1 unspecified atom stereocenters. The molecule has 0 aliphatic rings. The molecule has 142 valence electrons. The Morgan fingerprint density at radius 2 is 1.70 bits per heavy atom. The second-order valence-electron chi connectivity index (χ2n) is 6.33. The van der Waals surface area contributed by atoms with E-state index < -0.39 is 17.9 Å². The molecule has 0 saturated heterocycles. The van der Waals surface area contributed by atoms with Crippen LogP contribution in [0.1, 0.15) is 21.5 Å². The molecule has 2 rings (SSSR count). The monoisotopic (exact) mass is 370 g/mol. The minimum Gasteiger partial charge on any atom is -0.480 e. The number of Topliss-reactive ketones (excluding diaryl/α,β-unsaturated/α-hetero) is 1. The number of aliphatic carboxylic acids is 1. The Morgan fingerprint density at radius 3 is 2.33 bits per heavy atom. The summed E-state index contributed by atoms with van der Waals surface area (Å²) >= 11 is 0. The second-order valence-corrected chi connectivity index (χ2v) is 6.33. The van der Waals surface area contributed by atoms with Gasteiger partial charge in [0.1, 0.15) is 6.04 Å². The van der Waals surface area contributed by atoms with Gasteiger partial charge in [-0.25, -0.2) is 5.06 Å². The van der Waals surface area contributed by atoms with Crippen LogP contribution in [0.15, 0.2) is 54.6 Å². The molecule has 7 nitrogen and oxygen atoms in total. The van der Waals surface area contributed by atoms with E-state index in [-0.39, 0.29) is 25.2 Å². The highest BCUT2D eigenvalue weighted by Crippen LogP contribution is 2.18. The summed E-state index contributed by atoms with van der Waals surface area (Å²) in [5.41, 5.74) is 7.47. The summed E-state index contributed by atoms with van der Waals surface area (Å²) in [7, 11) is 0. The topological polar surface area (TPSA) is 121 Å². The lowest BCUT2D eigenvalue weighted by Gasteiger charge is -2.19. The van der Waals surface area contributed by atoms with Crippen LogP contribution in [-0.2, 0) is 22.4 Å². The minimum atomic E-state index is -1.12. The fourth-order valence-electron chi connectivity index (χ4n) is 2.84. The van der Waals surface area contributed by atoms with E-state index in [1.54, 1.807) is 24.3 Å². The second kappa shape index (κ2) is 9.61. The van der Waals surface area contributed by atoms with Crippen LogP contribution in [0, 0.1) is 5.92 Å². The number of hydroxylamine groups is 2. The maximum atomic E-state index is 13.0. The number of amides is 1. The van der Waals surface area contributed by atoms with Crippen molar-refractivity contribution in [3.63, 3.8) is 0 Å². The largest absolute Gasteiger partial charge is 0.480 e. The van der Waals surface area contributed by atoms with Gasteiger partial charge in [0.2, 0.25) is 6.41 Å². The Balaban J connectivity index is 2.23. The first kappa shape index (κ1) is 20.3. The zero-order chi connectivity index (χ0) is 19.8. The summed E-state index contributed by atoms with van der Waals surface area (Å²) in [4.78, 5) is 34.7. The predicted octanol–water partition coefficient (Wildman–Crippen LogP) is 1.53. The van der Waals surface area contributed by atoms with Crippen molar-refractivity contribution in [1.82, 2.24) is 5.06 Å². The van der Waals surface area contributed by atoms with Crippen LogP contribution in [0.4, 0.5) is 0 Å². The van der Waals surface area contributed by atoms with Crippen LogP contribution in [0.2, 0.25) is 0 Å². The highest BCUT2D eigenvalue weighted by Gasteiger charge is 2.23. The fourth-order valence-corrected chi connectivity index (χ4v) is 2.84. The van der Waals surface area contributed by atoms with Gasteiger partial charge in [-0.1, -0.05) is 48.5 Å². The van der Waals surface area contributed by atoms with Crippen LogP contribution >= 0.6 is 0 Å². The number of carbonyl (C=O) groups excluding carboxylic acids is 2. The molecule has 0 fully saturated rings. The molecule has 7 heteroatoms. The van der Waals surface area contributed by atoms with Gasteiger partial charge in [0, 0.05) is 11.5 Å². The lowest BCUT2D eigenvalue weighted by Crippen LogP contribution is -2.33. The number of nitrogens with two attached hydrogens (primary N) is 1. The standard InChI is InChI=1S/C20H22N2O5/c21-18(20(25)26)11-15-7-4-8-16(10-15)19(24)17(12-22(27)13-23)9-14-5-2-1-3-6-14/h1-8,10,13,17-18,27H,9,11-12,21H2,(H,25,26)/t17?,18-/m1/s1. The van der Waals surface area contributed by atoms with Gasteiger partial charge in [-0.15, -0.1) is 0 Å². The van der Waals surface area contributed by atoms with E-state index in [0.717, 1.165) is 5.56 Å². The zero-order valence-corrected chi connectivity index (χ0v) is 14.7. The van der Waals surface area contributed by atoms with Crippen LogP contribution in [0.3, 0.4) is 0 Å². The van der Waals surface area contributed by atoms with Crippen molar-refractivity contribution in [2.24, 2.45) is 11.7 Å². The molecule has 0 aliphatic heterocycles. The number of carboxylic acid groups (broad SMARTS) is 1. The molecule has 0 spiro atoms. The third kappa shape index (κ3) is 6.02. The molecule has 2 aromatic carbocycles. The molecule has 0 heterocycles. The number of ketones is 1. The average Bonchev–Trinajstić information content (AvgIpc) is 2.67. The molecule has 2 aromatic rings. The maximum absolute atomic E-state index is 13.0. The normalized spacial score (nSPS) is 12.8. The average molecular weight is 370 g/mol. The Labute approximate surface area is 157 Å². The van der Waals surface area contributed by atoms with Crippen LogP contribution in [0.25, 0.3) is 0 Å². The van der Waals surface area contributed by atoms with Gasteiger partial charge in [0.15, 0.2) is 5.78 Å². The Morgan fingerprint density at radius 1 is 1.04 bits per heavy atom. The van der Waals surface area contributed by atoms with Gasteiger partial charge in [0.25, 0.3) is 0 Å². The van der Waals surface area contributed by atoms with Crippen molar-refractivity contribution < 1.29 is 24.7 Å². The Bertz CT molecular complexity index is 794. The van der Waals surface area contributed by atoms with Crippen molar-refractivity contribution in [3.05, 3.63) is 71.3 Å². The lowest BCUT2D eigenvalue weighted by atomic mass is 9.90. The number of hydrogen-bond acceptors (Lipinski definition) is 5. The minimum absolute atomic E-state index is 0.0975. The molecule has 27 heavy (non-hydrogen) atoms. The predicted molar refractivity (Wildman–Crippen MR) is 98.3 cm³/mol. The molecule has 4 N–H and O–H groups in total. The van der Waals surface area contributed by atoms with Gasteiger partial charge in [-0.2, -0.15) is 0 Å². The summed E-state index contributed by atoms with van der Waals surface area (Å²) in [5, 5.41) is 19.0. The molecule has 2 atom stereocenters. The van der Waals surface area contributed by atoms with Crippen LogP contribution in [-0.4, -0.2) is 46.1 Å². The van der Waals surface area contributed by atoms with Gasteiger partial charge in [-0.3, -0.25) is 19.6 Å². The molecule has 0 radical (unpaired) electrons. The Hall–Kier alpha value is -3.03.